The van der Waals surface area contributed by atoms with Gasteiger partial charge in [0.05, 0.1) is 0 Å². The standard InChI is InChI=1S/C16H26N2O2/c1-5-15(17)13-8-10-14(11-9-13)20-12(4)16(19)18(6-2)7-3/h8-12,15H,5-7,17H2,1-4H3/t12?,15-/m0/s1. The lowest BCUT2D eigenvalue weighted by Gasteiger charge is -2.23. The molecule has 112 valence electrons. The molecule has 4 heteroatoms. The van der Waals surface area contributed by atoms with Crippen molar-refractivity contribution in [2.24, 2.45) is 5.73 Å². The first-order valence-corrected chi connectivity index (χ1v) is 7.34. The van der Waals surface area contributed by atoms with E-state index in [0.29, 0.717) is 18.8 Å². The van der Waals surface area contributed by atoms with Crippen molar-refractivity contribution in [2.75, 3.05) is 13.1 Å². The number of nitrogens with two attached hydrogens (primary N) is 1. The molecule has 0 saturated carbocycles. The van der Waals surface area contributed by atoms with Gasteiger partial charge in [-0.2, -0.15) is 0 Å². The fourth-order valence-electron chi connectivity index (χ4n) is 2.08. The second kappa shape index (κ2) is 7.90. The SMILES string of the molecule is CC[C@H](N)c1ccc(OC(C)C(=O)N(CC)CC)cc1. The van der Waals surface area contributed by atoms with Crippen molar-refractivity contribution >= 4 is 5.91 Å². The third kappa shape index (κ3) is 4.23. The number of benzene rings is 1. The van der Waals surface area contributed by atoms with E-state index in [1.165, 1.54) is 0 Å². The van der Waals surface area contributed by atoms with Gasteiger partial charge in [-0.25, -0.2) is 0 Å². The van der Waals surface area contributed by atoms with Crippen LogP contribution in [0.25, 0.3) is 0 Å². The molecule has 2 atom stereocenters. The molecule has 1 aromatic rings. The van der Waals surface area contributed by atoms with E-state index in [1.54, 1.807) is 11.8 Å². The minimum absolute atomic E-state index is 0.0179. The molecule has 0 aliphatic rings. The number of ether oxygens (including phenoxy) is 1. The van der Waals surface area contributed by atoms with Crippen LogP contribution in [-0.2, 0) is 4.79 Å². The molecule has 1 aromatic carbocycles. The monoisotopic (exact) mass is 278 g/mol. The molecule has 0 radical (unpaired) electrons. The van der Waals surface area contributed by atoms with E-state index < -0.39 is 6.10 Å². The van der Waals surface area contributed by atoms with Crippen molar-refractivity contribution in [3.8, 4) is 5.75 Å². The molecule has 0 bridgehead atoms. The van der Waals surface area contributed by atoms with Gasteiger partial charge in [0.15, 0.2) is 6.10 Å². The summed E-state index contributed by atoms with van der Waals surface area (Å²) in [5.74, 6) is 0.717. The van der Waals surface area contributed by atoms with Crippen LogP contribution in [0.5, 0.6) is 5.75 Å². The number of amides is 1. The fraction of sp³-hybridized carbons (Fsp3) is 0.562. The predicted octanol–water partition coefficient (Wildman–Crippen LogP) is 2.73. The highest BCUT2D eigenvalue weighted by Gasteiger charge is 2.19. The Kier molecular flexibility index (Phi) is 6.52. The van der Waals surface area contributed by atoms with Crippen molar-refractivity contribution < 1.29 is 9.53 Å². The smallest absolute Gasteiger partial charge is 0.263 e. The largest absolute Gasteiger partial charge is 0.481 e. The Labute approximate surface area is 121 Å². The van der Waals surface area contributed by atoms with Crippen LogP contribution < -0.4 is 10.5 Å². The molecule has 1 rings (SSSR count). The lowest BCUT2D eigenvalue weighted by Crippen LogP contribution is -2.40. The lowest BCUT2D eigenvalue weighted by molar-refractivity contribution is -0.137. The van der Waals surface area contributed by atoms with Crippen LogP contribution in [0, 0.1) is 0 Å². The Morgan fingerprint density at radius 3 is 2.20 bits per heavy atom. The minimum Gasteiger partial charge on any atom is -0.481 e. The molecular formula is C16H26N2O2. The third-order valence-electron chi connectivity index (χ3n) is 3.48. The number of likely N-dealkylation sites (N-methyl/N-ethyl adjacent to an activating group) is 1. The molecule has 0 heterocycles. The normalized spacial score (nSPS) is 13.7. The van der Waals surface area contributed by atoms with Gasteiger partial charge in [0.25, 0.3) is 5.91 Å². The molecule has 0 fully saturated rings. The fourth-order valence-corrected chi connectivity index (χ4v) is 2.08. The molecule has 4 nitrogen and oxygen atoms in total. The van der Waals surface area contributed by atoms with Crippen LogP contribution >= 0.6 is 0 Å². The molecule has 20 heavy (non-hydrogen) atoms. The number of hydrogen-bond acceptors (Lipinski definition) is 3. The summed E-state index contributed by atoms with van der Waals surface area (Å²) >= 11 is 0. The molecule has 0 aliphatic carbocycles. The minimum atomic E-state index is -0.472. The summed E-state index contributed by atoms with van der Waals surface area (Å²) in [7, 11) is 0. The van der Waals surface area contributed by atoms with Crippen LogP contribution in [0.1, 0.15) is 45.7 Å². The molecule has 1 unspecified atom stereocenters. The third-order valence-corrected chi connectivity index (χ3v) is 3.48. The highest BCUT2D eigenvalue weighted by atomic mass is 16.5. The van der Waals surface area contributed by atoms with Gasteiger partial charge in [-0.05, 0) is 44.9 Å². The van der Waals surface area contributed by atoms with E-state index in [0.717, 1.165) is 12.0 Å². The Morgan fingerprint density at radius 2 is 1.75 bits per heavy atom. The van der Waals surface area contributed by atoms with Gasteiger partial charge in [0, 0.05) is 19.1 Å². The number of nitrogens with zero attached hydrogens (tertiary/aromatic N) is 1. The first kappa shape index (κ1) is 16.5. The predicted molar refractivity (Wildman–Crippen MR) is 81.7 cm³/mol. The van der Waals surface area contributed by atoms with E-state index >= 15 is 0 Å². The summed E-state index contributed by atoms with van der Waals surface area (Å²) < 4.78 is 5.70. The zero-order chi connectivity index (χ0) is 15.1. The Hall–Kier alpha value is -1.55. The van der Waals surface area contributed by atoms with E-state index in [1.807, 2.05) is 38.1 Å². The van der Waals surface area contributed by atoms with E-state index in [4.69, 9.17) is 10.5 Å². The number of carbonyl (C=O) groups is 1. The van der Waals surface area contributed by atoms with Crippen LogP contribution in [0.3, 0.4) is 0 Å². The van der Waals surface area contributed by atoms with Crippen molar-refractivity contribution in [1.29, 1.82) is 0 Å². The maximum absolute atomic E-state index is 12.1. The average Bonchev–Trinajstić information content (AvgIpc) is 2.48. The maximum Gasteiger partial charge on any atom is 0.263 e. The van der Waals surface area contributed by atoms with Crippen molar-refractivity contribution in [3.63, 3.8) is 0 Å². The molecule has 2 N–H and O–H groups in total. The number of rotatable bonds is 7. The van der Waals surface area contributed by atoms with Gasteiger partial charge in [-0.1, -0.05) is 19.1 Å². The van der Waals surface area contributed by atoms with Gasteiger partial charge in [0.1, 0.15) is 5.75 Å². The highest BCUT2D eigenvalue weighted by molar-refractivity contribution is 5.80. The quantitative estimate of drug-likeness (QED) is 0.834. The van der Waals surface area contributed by atoms with Crippen LogP contribution in [0.2, 0.25) is 0 Å². The van der Waals surface area contributed by atoms with Crippen LogP contribution in [-0.4, -0.2) is 30.0 Å². The zero-order valence-electron chi connectivity index (χ0n) is 12.9. The summed E-state index contributed by atoms with van der Waals surface area (Å²) in [6.07, 6.45) is 0.428. The van der Waals surface area contributed by atoms with E-state index in [-0.39, 0.29) is 11.9 Å². The molecule has 0 spiro atoms. The summed E-state index contributed by atoms with van der Waals surface area (Å²) in [6.45, 7) is 9.18. The molecular weight excluding hydrogens is 252 g/mol. The topological polar surface area (TPSA) is 55.6 Å². The molecule has 0 aliphatic heterocycles. The van der Waals surface area contributed by atoms with Gasteiger partial charge in [-0.3, -0.25) is 4.79 Å². The average molecular weight is 278 g/mol. The summed E-state index contributed by atoms with van der Waals surface area (Å²) in [6, 6.07) is 7.71. The summed E-state index contributed by atoms with van der Waals surface area (Å²) in [5.41, 5.74) is 7.05. The van der Waals surface area contributed by atoms with E-state index in [9.17, 15) is 4.79 Å². The van der Waals surface area contributed by atoms with Crippen molar-refractivity contribution in [2.45, 2.75) is 46.3 Å². The van der Waals surface area contributed by atoms with Crippen LogP contribution in [0.4, 0.5) is 0 Å². The molecule has 0 aromatic heterocycles. The van der Waals surface area contributed by atoms with Gasteiger partial charge in [-0.15, -0.1) is 0 Å². The Morgan fingerprint density at radius 1 is 1.20 bits per heavy atom. The molecule has 0 saturated heterocycles. The first-order valence-electron chi connectivity index (χ1n) is 7.34. The van der Waals surface area contributed by atoms with Gasteiger partial charge in [0.2, 0.25) is 0 Å². The summed E-state index contributed by atoms with van der Waals surface area (Å²) in [5, 5.41) is 0. The Bertz CT molecular complexity index is 413. The van der Waals surface area contributed by atoms with Crippen LogP contribution in [0.15, 0.2) is 24.3 Å². The maximum atomic E-state index is 12.1. The van der Waals surface area contributed by atoms with Crippen molar-refractivity contribution in [3.05, 3.63) is 29.8 Å². The summed E-state index contributed by atoms with van der Waals surface area (Å²) in [4.78, 5) is 13.9. The van der Waals surface area contributed by atoms with Gasteiger partial charge < -0.3 is 15.4 Å². The molecule has 1 amide bonds. The van der Waals surface area contributed by atoms with Crippen molar-refractivity contribution in [1.82, 2.24) is 4.90 Å². The van der Waals surface area contributed by atoms with E-state index in [2.05, 4.69) is 6.92 Å². The number of carbonyl (C=O) groups excluding carboxylic acids is 1. The lowest BCUT2D eigenvalue weighted by atomic mass is 10.1. The highest BCUT2D eigenvalue weighted by Crippen LogP contribution is 2.19. The van der Waals surface area contributed by atoms with Gasteiger partial charge >= 0.3 is 0 Å². The Balaban J connectivity index is 2.66. The second-order valence-corrected chi connectivity index (χ2v) is 4.85. The first-order chi connectivity index (χ1) is 9.53. The number of hydrogen-bond donors (Lipinski definition) is 1. The second-order valence-electron chi connectivity index (χ2n) is 4.85. The zero-order valence-corrected chi connectivity index (χ0v) is 12.9.